The van der Waals surface area contributed by atoms with Crippen LogP contribution in [-0.2, 0) is 9.59 Å². The molecular weight excluding hydrogens is 264 g/mol. The molecule has 3 N–H and O–H groups in total. The molecule has 108 valence electrons. The molecule has 1 saturated heterocycles. The van der Waals surface area contributed by atoms with Gasteiger partial charge in [-0.2, -0.15) is 11.8 Å². The molecule has 5 nitrogen and oxygen atoms in total. The van der Waals surface area contributed by atoms with Gasteiger partial charge in [-0.05, 0) is 31.6 Å². The Morgan fingerprint density at radius 1 is 1.26 bits per heavy atom. The molecule has 1 unspecified atom stereocenters. The average Bonchev–Trinajstić information content (AvgIpc) is 2.46. The maximum atomic E-state index is 11.9. The highest BCUT2D eigenvalue weighted by Gasteiger charge is 2.27. The normalized spacial score (nSPS) is 31.7. The lowest BCUT2D eigenvalue weighted by atomic mass is 9.82. The quantitative estimate of drug-likeness (QED) is 0.709. The zero-order valence-electron chi connectivity index (χ0n) is 11.1. The molecule has 19 heavy (non-hydrogen) atoms. The summed E-state index contributed by atoms with van der Waals surface area (Å²) in [6, 6.07) is -0.0610. The smallest absolute Gasteiger partial charge is 0.306 e. The van der Waals surface area contributed by atoms with E-state index in [1.165, 1.54) is 0 Å². The van der Waals surface area contributed by atoms with E-state index in [2.05, 4.69) is 10.6 Å². The molecular formula is C13H22N2O3S. The van der Waals surface area contributed by atoms with Gasteiger partial charge < -0.3 is 15.7 Å². The number of carboxylic acids is 1. The summed E-state index contributed by atoms with van der Waals surface area (Å²) < 4.78 is 0. The Kier molecular flexibility index (Phi) is 5.51. The minimum absolute atomic E-state index is 0.0610. The summed E-state index contributed by atoms with van der Waals surface area (Å²) in [5, 5.41) is 15.2. The summed E-state index contributed by atoms with van der Waals surface area (Å²) in [6.07, 6.45) is 3.30. The molecule has 1 aliphatic heterocycles. The second kappa shape index (κ2) is 7.14. The molecule has 1 aliphatic carbocycles. The van der Waals surface area contributed by atoms with Gasteiger partial charge in [0.1, 0.15) is 0 Å². The SMILES string of the molecule is O=C(O)C1CCC(CNC(=O)C2CSCCN2)CC1. The average molecular weight is 286 g/mol. The summed E-state index contributed by atoms with van der Waals surface area (Å²) in [4.78, 5) is 22.8. The minimum Gasteiger partial charge on any atom is -0.481 e. The van der Waals surface area contributed by atoms with Crippen molar-refractivity contribution in [2.75, 3.05) is 24.6 Å². The van der Waals surface area contributed by atoms with E-state index in [-0.39, 0.29) is 17.9 Å². The highest BCUT2D eigenvalue weighted by Crippen LogP contribution is 2.28. The molecule has 0 bridgehead atoms. The van der Waals surface area contributed by atoms with Gasteiger partial charge in [-0.3, -0.25) is 9.59 Å². The van der Waals surface area contributed by atoms with Crippen molar-refractivity contribution < 1.29 is 14.7 Å². The molecule has 1 atom stereocenters. The van der Waals surface area contributed by atoms with Gasteiger partial charge in [0.2, 0.25) is 5.91 Å². The van der Waals surface area contributed by atoms with Crippen LogP contribution in [0.5, 0.6) is 0 Å². The fourth-order valence-corrected chi connectivity index (χ4v) is 3.65. The number of carbonyl (C=O) groups is 2. The summed E-state index contributed by atoms with van der Waals surface area (Å²) in [5.74, 6) is 1.60. The van der Waals surface area contributed by atoms with E-state index in [0.717, 1.165) is 43.7 Å². The molecule has 0 aromatic heterocycles. The Hall–Kier alpha value is -0.750. The van der Waals surface area contributed by atoms with E-state index in [0.29, 0.717) is 12.5 Å². The summed E-state index contributed by atoms with van der Waals surface area (Å²) in [5.41, 5.74) is 0. The van der Waals surface area contributed by atoms with Crippen LogP contribution in [0.15, 0.2) is 0 Å². The fourth-order valence-electron chi connectivity index (χ4n) is 2.72. The molecule has 1 saturated carbocycles. The van der Waals surface area contributed by atoms with E-state index in [9.17, 15) is 9.59 Å². The van der Waals surface area contributed by atoms with E-state index in [4.69, 9.17) is 5.11 Å². The summed E-state index contributed by atoms with van der Waals surface area (Å²) >= 11 is 1.81. The monoisotopic (exact) mass is 286 g/mol. The lowest BCUT2D eigenvalue weighted by Crippen LogP contribution is -2.49. The number of hydrogen-bond acceptors (Lipinski definition) is 4. The number of amides is 1. The molecule has 0 aromatic rings. The zero-order chi connectivity index (χ0) is 13.7. The highest BCUT2D eigenvalue weighted by atomic mass is 32.2. The maximum Gasteiger partial charge on any atom is 0.306 e. The van der Waals surface area contributed by atoms with Crippen LogP contribution in [0.4, 0.5) is 0 Å². The highest BCUT2D eigenvalue weighted by molar-refractivity contribution is 7.99. The molecule has 0 spiro atoms. The van der Waals surface area contributed by atoms with Gasteiger partial charge in [-0.1, -0.05) is 0 Å². The summed E-state index contributed by atoms with van der Waals surface area (Å²) in [7, 11) is 0. The Labute approximate surface area is 117 Å². The first kappa shape index (κ1) is 14.7. The predicted octanol–water partition coefficient (Wildman–Crippen LogP) is 0.699. The Bertz CT molecular complexity index is 324. The largest absolute Gasteiger partial charge is 0.481 e. The first-order chi connectivity index (χ1) is 9.16. The molecule has 0 radical (unpaired) electrons. The third-order valence-electron chi connectivity index (χ3n) is 4.00. The van der Waals surface area contributed by atoms with Crippen molar-refractivity contribution in [3.63, 3.8) is 0 Å². The van der Waals surface area contributed by atoms with Crippen molar-refractivity contribution in [3.05, 3.63) is 0 Å². The molecule has 1 heterocycles. The second-order valence-electron chi connectivity index (χ2n) is 5.38. The van der Waals surface area contributed by atoms with Gasteiger partial charge >= 0.3 is 5.97 Å². The van der Waals surface area contributed by atoms with Gasteiger partial charge in [0.05, 0.1) is 12.0 Å². The fraction of sp³-hybridized carbons (Fsp3) is 0.846. The number of carboxylic acid groups (broad SMARTS) is 1. The van der Waals surface area contributed by atoms with E-state index >= 15 is 0 Å². The van der Waals surface area contributed by atoms with Crippen molar-refractivity contribution in [1.82, 2.24) is 10.6 Å². The Balaban J connectivity index is 1.66. The number of thioether (sulfide) groups is 1. The van der Waals surface area contributed by atoms with Gasteiger partial charge in [-0.25, -0.2) is 0 Å². The van der Waals surface area contributed by atoms with Gasteiger partial charge in [0.25, 0.3) is 0 Å². The molecule has 6 heteroatoms. The van der Waals surface area contributed by atoms with Crippen LogP contribution in [0.25, 0.3) is 0 Å². The molecule has 2 aliphatic rings. The van der Waals surface area contributed by atoms with Crippen LogP contribution in [-0.4, -0.2) is 47.6 Å². The third-order valence-corrected chi connectivity index (χ3v) is 5.06. The number of rotatable bonds is 4. The Morgan fingerprint density at radius 3 is 2.58 bits per heavy atom. The predicted molar refractivity (Wildman–Crippen MR) is 75.2 cm³/mol. The van der Waals surface area contributed by atoms with Crippen LogP contribution in [0, 0.1) is 11.8 Å². The second-order valence-corrected chi connectivity index (χ2v) is 6.53. The Morgan fingerprint density at radius 2 is 2.00 bits per heavy atom. The van der Waals surface area contributed by atoms with Crippen LogP contribution in [0.3, 0.4) is 0 Å². The standard InChI is InChI=1S/C13H22N2O3S/c16-12(11-8-19-6-5-14-11)15-7-9-1-3-10(4-2-9)13(17)18/h9-11,14H,1-8H2,(H,15,16)(H,17,18). The zero-order valence-corrected chi connectivity index (χ0v) is 11.9. The topological polar surface area (TPSA) is 78.4 Å². The number of carbonyl (C=O) groups excluding carboxylic acids is 1. The minimum atomic E-state index is -0.675. The van der Waals surface area contributed by atoms with Crippen LogP contribution in [0.2, 0.25) is 0 Å². The van der Waals surface area contributed by atoms with Crippen molar-refractivity contribution in [2.45, 2.75) is 31.7 Å². The number of aliphatic carboxylic acids is 1. The van der Waals surface area contributed by atoms with E-state index in [1.807, 2.05) is 11.8 Å². The van der Waals surface area contributed by atoms with Gasteiger partial charge in [-0.15, -0.1) is 0 Å². The van der Waals surface area contributed by atoms with E-state index in [1.54, 1.807) is 0 Å². The van der Waals surface area contributed by atoms with Gasteiger partial charge in [0, 0.05) is 24.6 Å². The molecule has 2 fully saturated rings. The third kappa shape index (κ3) is 4.38. The van der Waals surface area contributed by atoms with Crippen molar-refractivity contribution >= 4 is 23.6 Å². The van der Waals surface area contributed by atoms with Crippen molar-refractivity contribution in [1.29, 1.82) is 0 Å². The van der Waals surface area contributed by atoms with Crippen LogP contribution in [0.1, 0.15) is 25.7 Å². The molecule has 2 rings (SSSR count). The molecule has 0 aromatic carbocycles. The maximum absolute atomic E-state index is 11.9. The first-order valence-electron chi connectivity index (χ1n) is 6.98. The van der Waals surface area contributed by atoms with Gasteiger partial charge in [0.15, 0.2) is 0 Å². The number of hydrogen-bond donors (Lipinski definition) is 3. The number of nitrogens with one attached hydrogen (secondary N) is 2. The van der Waals surface area contributed by atoms with Crippen LogP contribution < -0.4 is 10.6 Å². The van der Waals surface area contributed by atoms with Crippen LogP contribution >= 0.6 is 11.8 Å². The lowest BCUT2D eigenvalue weighted by Gasteiger charge is -2.27. The first-order valence-corrected chi connectivity index (χ1v) is 8.14. The molecule has 1 amide bonds. The lowest BCUT2D eigenvalue weighted by molar-refractivity contribution is -0.143. The van der Waals surface area contributed by atoms with Crippen molar-refractivity contribution in [2.24, 2.45) is 11.8 Å². The van der Waals surface area contributed by atoms with Crippen molar-refractivity contribution in [3.8, 4) is 0 Å². The summed E-state index contributed by atoms with van der Waals surface area (Å²) in [6.45, 7) is 1.58. The van der Waals surface area contributed by atoms with E-state index < -0.39 is 5.97 Å².